The zero-order valence-electron chi connectivity index (χ0n) is 14.9. The molecule has 2 aromatic rings. The number of nitrogens with one attached hydrogen (secondary N) is 1. The standard InChI is InChI=1S/C17H25N7OS/c25-16(22-8-10-23(11-9-22)17-19-6-12-26-17)15-13-24(21-20-15)7-4-14-3-1-2-5-18-14/h6,12-14,18H,1-5,7-11H2/t14-/m1/s1. The molecular weight excluding hydrogens is 350 g/mol. The Hall–Kier alpha value is -2.00. The van der Waals surface area contributed by atoms with Crippen LogP contribution < -0.4 is 10.2 Å². The Morgan fingerprint density at radius 3 is 2.88 bits per heavy atom. The number of nitrogens with zero attached hydrogens (tertiary/aromatic N) is 6. The summed E-state index contributed by atoms with van der Waals surface area (Å²) in [4.78, 5) is 21.1. The van der Waals surface area contributed by atoms with Crippen molar-refractivity contribution >= 4 is 22.4 Å². The molecule has 140 valence electrons. The minimum Gasteiger partial charge on any atom is -0.345 e. The summed E-state index contributed by atoms with van der Waals surface area (Å²) in [5.74, 6) is -0.0224. The molecule has 0 aromatic carbocycles. The van der Waals surface area contributed by atoms with E-state index in [1.807, 2.05) is 16.5 Å². The molecule has 0 bridgehead atoms. The summed E-state index contributed by atoms with van der Waals surface area (Å²) in [7, 11) is 0. The van der Waals surface area contributed by atoms with Crippen molar-refractivity contribution in [2.24, 2.45) is 0 Å². The fourth-order valence-corrected chi connectivity index (χ4v) is 4.30. The predicted octanol–water partition coefficient (Wildman–Crippen LogP) is 1.23. The highest BCUT2D eigenvalue weighted by atomic mass is 32.1. The monoisotopic (exact) mass is 375 g/mol. The summed E-state index contributed by atoms with van der Waals surface area (Å²) < 4.78 is 1.80. The molecule has 2 saturated heterocycles. The minimum atomic E-state index is -0.0224. The minimum absolute atomic E-state index is 0.0224. The number of aromatic nitrogens is 4. The molecule has 26 heavy (non-hydrogen) atoms. The van der Waals surface area contributed by atoms with Crippen molar-refractivity contribution in [3.8, 4) is 0 Å². The Morgan fingerprint density at radius 2 is 2.15 bits per heavy atom. The zero-order chi connectivity index (χ0) is 17.8. The number of carbonyl (C=O) groups is 1. The molecule has 0 aliphatic carbocycles. The third-order valence-corrected chi connectivity index (χ3v) is 5.97. The molecule has 9 heteroatoms. The Morgan fingerprint density at radius 1 is 1.27 bits per heavy atom. The molecule has 1 N–H and O–H groups in total. The average molecular weight is 376 g/mol. The van der Waals surface area contributed by atoms with Gasteiger partial charge in [0.05, 0.1) is 6.20 Å². The van der Waals surface area contributed by atoms with E-state index in [-0.39, 0.29) is 5.91 Å². The molecule has 4 heterocycles. The average Bonchev–Trinajstić information content (AvgIpc) is 3.39. The molecule has 8 nitrogen and oxygen atoms in total. The molecule has 2 aliphatic rings. The second-order valence-corrected chi connectivity index (χ2v) is 7.77. The van der Waals surface area contributed by atoms with Gasteiger partial charge in [0.2, 0.25) is 0 Å². The summed E-state index contributed by atoms with van der Waals surface area (Å²) in [5, 5.41) is 14.8. The molecular formula is C17H25N7OS. The van der Waals surface area contributed by atoms with Crippen LogP contribution in [0.25, 0.3) is 0 Å². The number of piperidine rings is 1. The van der Waals surface area contributed by atoms with E-state index in [0.717, 1.165) is 37.7 Å². The van der Waals surface area contributed by atoms with Crippen molar-refractivity contribution in [3.63, 3.8) is 0 Å². The molecule has 1 atom stereocenters. The third kappa shape index (κ3) is 4.04. The summed E-state index contributed by atoms with van der Waals surface area (Å²) in [6.45, 7) is 4.91. The summed E-state index contributed by atoms with van der Waals surface area (Å²) in [5.41, 5.74) is 0.448. The molecule has 1 amide bonds. The first-order chi connectivity index (χ1) is 12.8. The van der Waals surface area contributed by atoms with Gasteiger partial charge < -0.3 is 15.1 Å². The first-order valence-corrected chi connectivity index (χ1v) is 10.2. The number of anilines is 1. The normalized spacial score (nSPS) is 21.2. The highest BCUT2D eigenvalue weighted by Gasteiger charge is 2.25. The van der Waals surface area contributed by atoms with E-state index in [2.05, 4.69) is 25.5 Å². The summed E-state index contributed by atoms with van der Waals surface area (Å²) in [6, 6.07) is 0.561. The maximum atomic E-state index is 12.7. The van der Waals surface area contributed by atoms with Crippen LogP contribution in [0.15, 0.2) is 17.8 Å². The number of rotatable bonds is 5. The summed E-state index contributed by atoms with van der Waals surface area (Å²) >= 11 is 1.64. The van der Waals surface area contributed by atoms with Gasteiger partial charge >= 0.3 is 0 Å². The fourth-order valence-electron chi connectivity index (χ4n) is 3.60. The van der Waals surface area contributed by atoms with E-state index >= 15 is 0 Å². The van der Waals surface area contributed by atoms with Gasteiger partial charge in [-0.25, -0.2) is 4.98 Å². The number of amides is 1. The van der Waals surface area contributed by atoms with E-state index in [1.54, 1.807) is 22.2 Å². The molecule has 2 aliphatic heterocycles. The lowest BCUT2D eigenvalue weighted by Gasteiger charge is -2.34. The molecule has 0 radical (unpaired) electrons. The van der Waals surface area contributed by atoms with Gasteiger partial charge in [0.15, 0.2) is 10.8 Å². The number of carbonyl (C=O) groups excluding carboxylic acids is 1. The van der Waals surface area contributed by atoms with Crippen LogP contribution in [0, 0.1) is 0 Å². The highest BCUT2D eigenvalue weighted by Crippen LogP contribution is 2.19. The first kappa shape index (κ1) is 17.4. The van der Waals surface area contributed by atoms with Gasteiger partial charge in [-0.15, -0.1) is 16.4 Å². The Balaban J connectivity index is 1.28. The van der Waals surface area contributed by atoms with Crippen LogP contribution in [0.5, 0.6) is 0 Å². The number of aryl methyl sites for hydroxylation is 1. The topological polar surface area (TPSA) is 79.2 Å². The van der Waals surface area contributed by atoms with Crippen molar-refractivity contribution in [2.75, 3.05) is 37.6 Å². The van der Waals surface area contributed by atoms with Crippen molar-refractivity contribution in [1.29, 1.82) is 0 Å². The first-order valence-electron chi connectivity index (χ1n) is 9.37. The van der Waals surface area contributed by atoms with Gasteiger partial charge in [-0.05, 0) is 25.8 Å². The number of hydrogen-bond donors (Lipinski definition) is 1. The number of piperazine rings is 1. The molecule has 2 fully saturated rings. The maximum Gasteiger partial charge on any atom is 0.276 e. The van der Waals surface area contributed by atoms with E-state index in [9.17, 15) is 4.79 Å². The number of thiazole rings is 1. The van der Waals surface area contributed by atoms with Crippen LogP contribution in [-0.4, -0.2) is 69.6 Å². The van der Waals surface area contributed by atoms with Crippen molar-refractivity contribution in [3.05, 3.63) is 23.5 Å². The maximum absolute atomic E-state index is 12.7. The van der Waals surface area contributed by atoms with E-state index in [4.69, 9.17) is 0 Å². The Bertz CT molecular complexity index is 703. The van der Waals surface area contributed by atoms with Gasteiger partial charge in [0, 0.05) is 50.3 Å². The van der Waals surface area contributed by atoms with Crippen molar-refractivity contribution < 1.29 is 4.79 Å². The van der Waals surface area contributed by atoms with Gasteiger partial charge in [-0.3, -0.25) is 9.48 Å². The summed E-state index contributed by atoms with van der Waals surface area (Å²) in [6.07, 6.45) is 8.43. The van der Waals surface area contributed by atoms with Crippen LogP contribution >= 0.6 is 11.3 Å². The molecule has 0 spiro atoms. The van der Waals surface area contributed by atoms with Crippen molar-refractivity contribution in [1.82, 2.24) is 30.2 Å². The van der Waals surface area contributed by atoms with Crippen LogP contribution in [0.4, 0.5) is 5.13 Å². The van der Waals surface area contributed by atoms with Crippen molar-refractivity contribution in [2.45, 2.75) is 38.3 Å². The lowest BCUT2D eigenvalue weighted by molar-refractivity contribution is 0.0740. The van der Waals surface area contributed by atoms with Gasteiger partial charge in [-0.2, -0.15) is 0 Å². The lowest BCUT2D eigenvalue weighted by Crippen LogP contribution is -2.48. The van der Waals surface area contributed by atoms with Crippen LogP contribution in [0.1, 0.15) is 36.2 Å². The van der Waals surface area contributed by atoms with Crippen LogP contribution in [0.2, 0.25) is 0 Å². The van der Waals surface area contributed by atoms with E-state index < -0.39 is 0 Å². The molecule has 2 aromatic heterocycles. The SMILES string of the molecule is O=C(c1cn(CC[C@H]2CCCCN2)nn1)N1CCN(c2nccs2)CC1. The highest BCUT2D eigenvalue weighted by molar-refractivity contribution is 7.13. The number of hydrogen-bond acceptors (Lipinski definition) is 7. The third-order valence-electron chi connectivity index (χ3n) is 5.13. The second-order valence-electron chi connectivity index (χ2n) is 6.90. The largest absolute Gasteiger partial charge is 0.345 e. The Labute approximate surface area is 157 Å². The quantitative estimate of drug-likeness (QED) is 0.847. The van der Waals surface area contributed by atoms with Gasteiger partial charge in [0.25, 0.3) is 5.91 Å². The van der Waals surface area contributed by atoms with E-state index in [0.29, 0.717) is 24.8 Å². The predicted molar refractivity (Wildman–Crippen MR) is 101 cm³/mol. The molecule has 0 unspecified atom stereocenters. The molecule has 0 saturated carbocycles. The Kier molecular flexibility index (Phi) is 5.45. The van der Waals surface area contributed by atoms with Gasteiger partial charge in [0.1, 0.15) is 0 Å². The van der Waals surface area contributed by atoms with E-state index in [1.165, 1.54) is 19.3 Å². The fraction of sp³-hybridized carbons (Fsp3) is 0.647. The van der Waals surface area contributed by atoms with Crippen LogP contribution in [0.3, 0.4) is 0 Å². The van der Waals surface area contributed by atoms with Gasteiger partial charge in [-0.1, -0.05) is 11.6 Å². The molecule has 4 rings (SSSR count). The zero-order valence-corrected chi connectivity index (χ0v) is 15.7. The lowest BCUT2D eigenvalue weighted by atomic mass is 10.0. The smallest absolute Gasteiger partial charge is 0.276 e. The van der Waals surface area contributed by atoms with Crippen LogP contribution in [-0.2, 0) is 6.54 Å². The second kappa shape index (κ2) is 8.13.